The zero-order chi connectivity index (χ0) is 13.9. The van der Waals surface area contributed by atoms with E-state index in [0.717, 1.165) is 37.8 Å². The van der Waals surface area contributed by atoms with Gasteiger partial charge < -0.3 is 11.1 Å². The Balaban J connectivity index is 2.17. The molecule has 0 saturated heterocycles. The van der Waals surface area contributed by atoms with Gasteiger partial charge in [0.25, 0.3) is 0 Å². The highest BCUT2D eigenvalue weighted by Crippen LogP contribution is 2.04. The van der Waals surface area contributed by atoms with Gasteiger partial charge in [0.2, 0.25) is 5.91 Å². The summed E-state index contributed by atoms with van der Waals surface area (Å²) in [5, 5.41) is 11.6. The van der Waals surface area contributed by atoms with Crippen LogP contribution in [0, 0.1) is 11.3 Å². The van der Waals surface area contributed by atoms with Crippen molar-refractivity contribution < 1.29 is 4.79 Å². The first-order chi connectivity index (χ1) is 9.26. The second-order valence-corrected chi connectivity index (χ2v) is 4.54. The number of nitrogens with two attached hydrogens (primary N) is 1. The Labute approximate surface area is 114 Å². The molecule has 0 aliphatic rings. The second kappa shape index (κ2) is 9.12. The summed E-state index contributed by atoms with van der Waals surface area (Å²) in [6, 6.07) is 9.31. The van der Waals surface area contributed by atoms with Gasteiger partial charge in [-0.25, -0.2) is 0 Å². The van der Waals surface area contributed by atoms with Gasteiger partial charge in [0.1, 0.15) is 0 Å². The summed E-state index contributed by atoms with van der Waals surface area (Å²) >= 11 is 0. The van der Waals surface area contributed by atoms with E-state index < -0.39 is 0 Å². The number of hydrogen-bond donors (Lipinski definition) is 2. The van der Waals surface area contributed by atoms with Gasteiger partial charge in [-0.15, -0.1) is 0 Å². The van der Waals surface area contributed by atoms with E-state index in [1.807, 2.05) is 12.1 Å². The van der Waals surface area contributed by atoms with Crippen molar-refractivity contribution in [1.82, 2.24) is 5.32 Å². The van der Waals surface area contributed by atoms with Crippen LogP contribution >= 0.6 is 0 Å². The van der Waals surface area contributed by atoms with E-state index in [2.05, 4.69) is 11.4 Å². The van der Waals surface area contributed by atoms with E-state index in [9.17, 15) is 4.79 Å². The van der Waals surface area contributed by atoms with Crippen molar-refractivity contribution >= 4 is 5.91 Å². The molecule has 0 aromatic heterocycles. The second-order valence-electron chi connectivity index (χ2n) is 4.54. The number of unbranched alkanes of at least 4 members (excludes halogenated alkanes) is 3. The van der Waals surface area contributed by atoms with Crippen LogP contribution in [0.15, 0.2) is 24.3 Å². The maximum Gasteiger partial charge on any atom is 0.220 e. The first-order valence-corrected chi connectivity index (χ1v) is 6.72. The minimum atomic E-state index is 0.0807. The van der Waals surface area contributed by atoms with Crippen molar-refractivity contribution in [3.8, 4) is 6.07 Å². The van der Waals surface area contributed by atoms with Crippen molar-refractivity contribution in [3.63, 3.8) is 0 Å². The maximum absolute atomic E-state index is 11.6. The molecule has 0 aliphatic carbocycles. The molecule has 0 aliphatic heterocycles. The van der Waals surface area contributed by atoms with Gasteiger partial charge in [-0.3, -0.25) is 4.79 Å². The van der Waals surface area contributed by atoms with Crippen molar-refractivity contribution in [2.75, 3.05) is 6.54 Å². The zero-order valence-corrected chi connectivity index (χ0v) is 11.2. The van der Waals surface area contributed by atoms with Gasteiger partial charge in [-0.1, -0.05) is 25.0 Å². The molecule has 0 bridgehead atoms. The highest BCUT2D eigenvalue weighted by atomic mass is 16.1. The molecule has 1 rings (SSSR count). The summed E-state index contributed by atoms with van der Waals surface area (Å²) in [4.78, 5) is 11.6. The summed E-state index contributed by atoms with van der Waals surface area (Å²) < 4.78 is 0. The number of nitrogens with zero attached hydrogens (tertiary/aromatic N) is 1. The molecule has 4 nitrogen and oxygen atoms in total. The molecule has 19 heavy (non-hydrogen) atoms. The van der Waals surface area contributed by atoms with Crippen LogP contribution in [0.25, 0.3) is 0 Å². The Morgan fingerprint density at radius 1 is 1.16 bits per heavy atom. The number of nitrogens with one attached hydrogen (secondary N) is 1. The fourth-order valence-corrected chi connectivity index (χ4v) is 1.77. The van der Waals surface area contributed by atoms with E-state index in [1.165, 1.54) is 0 Å². The van der Waals surface area contributed by atoms with E-state index in [0.29, 0.717) is 18.5 Å². The number of nitriles is 1. The molecule has 1 aromatic rings. The van der Waals surface area contributed by atoms with E-state index in [4.69, 9.17) is 11.0 Å². The summed E-state index contributed by atoms with van der Waals surface area (Å²) in [6.07, 6.45) is 4.67. The molecule has 0 fully saturated rings. The zero-order valence-electron chi connectivity index (χ0n) is 11.2. The largest absolute Gasteiger partial charge is 0.352 e. The Hall–Kier alpha value is -1.86. The SMILES string of the molecule is N#Cc1ccc(CNC(=O)CCCCCCN)cc1. The standard InChI is InChI=1S/C15H21N3O/c16-10-4-2-1-3-5-15(19)18-12-14-8-6-13(11-17)7-9-14/h6-9H,1-5,10,12,16H2,(H,18,19). The summed E-state index contributed by atoms with van der Waals surface area (Å²) in [7, 11) is 0. The topological polar surface area (TPSA) is 78.9 Å². The number of hydrogen-bond acceptors (Lipinski definition) is 3. The third-order valence-electron chi connectivity index (χ3n) is 2.93. The fourth-order valence-electron chi connectivity index (χ4n) is 1.77. The third kappa shape index (κ3) is 6.58. The summed E-state index contributed by atoms with van der Waals surface area (Å²) in [5.74, 6) is 0.0807. The van der Waals surface area contributed by atoms with Gasteiger partial charge >= 0.3 is 0 Å². The lowest BCUT2D eigenvalue weighted by Crippen LogP contribution is -2.22. The van der Waals surface area contributed by atoms with Crippen LogP contribution < -0.4 is 11.1 Å². The molecule has 0 heterocycles. The molecule has 0 saturated carbocycles. The minimum Gasteiger partial charge on any atom is -0.352 e. The van der Waals surface area contributed by atoms with Crippen LogP contribution in [-0.4, -0.2) is 12.5 Å². The third-order valence-corrected chi connectivity index (χ3v) is 2.93. The molecular weight excluding hydrogens is 238 g/mol. The fraction of sp³-hybridized carbons (Fsp3) is 0.467. The lowest BCUT2D eigenvalue weighted by Gasteiger charge is -2.05. The summed E-state index contributed by atoms with van der Waals surface area (Å²) in [6.45, 7) is 1.25. The molecule has 0 spiro atoms. The smallest absolute Gasteiger partial charge is 0.220 e. The Morgan fingerprint density at radius 3 is 2.47 bits per heavy atom. The molecule has 1 aromatic carbocycles. The van der Waals surface area contributed by atoms with E-state index in [1.54, 1.807) is 12.1 Å². The molecular formula is C15H21N3O. The van der Waals surface area contributed by atoms with Crippen LogP contribution in [0.1, 0.15) is 43.2 Å². The first-order valence-electron chi connectivity index (χ1n) is 6.72. The average molecular weight is 259 g/mol. The molecule has 0 radical (unpaired) electrons. The molecule has 4 heteroatoms. The summed E-state index contributed by atoms with van der Waals surface area (Å²) in [5.41, 5.74) is 7.05. The number of carbonyl (C=O) groups excluding carboxylic acids is 1. The number of benzene rings is 1. The first kappa shape index (κ1) is 15.2. The van der Waals surface area contributed by atoms with E-state index in [-0.39, 0.29) is 5.91 Å². The van der Waals surface area contributed by atoms with Crippen LogP contribution in [0.5, 0.6) is 0 Å². The highest BCUT2D eigenvalue weighted by Gasteiger charge is 2.01. The molecule has 102 valence electrons. The maximum atomic E-state index is 11.6. The predicted octanol–water partition coefficient (Wildman–Crippen LogP) is 2.08. The molecule has 3 N–H and O–H groups in total. The van der Waals surface area contributed by atoms with Crippen molar-refractivity contribution in [1.29, 1.82) is 5.26 Å². The van der Waals surface area contributed by atoms with Gasteiger partial charge in [-0.2, -0.15) is 5.26 Å². The number of amides is 1. The van der Waals surface area contributed by atoms with Crippen molar-refractivity contribution in [2.45, 2.75) is 38.6 Å². The van der Waals surface area contributed by atoms with Crippen LogP contribution in [0.3, 0.4) is 0 Å². The Morgan fingerprint density at radius 2 is 1.84 bits per heavy atom. The van der Waals surface area contributed by atoms with Crippen LogP contribution in [0.2, 0.25) is 0 Å². The minimum absolute atomic E-state index is 0.0807. The lowest BCUT2D eigenvalue weighted by atomic mass is 10.1. The lowest BCUT2D eigenvalue weighted by molar-refractivity contribution is -0.121. The number of rotatable bonds is 8. The van der Waals surface area contributed by atoms with E-state index >= 15 is 0 Å². The Bertz CT molecular complexity index is 420. The normalized spacial score (nSPS) is 9.89. The van der Waals surface area contributed by atoms with Gasteiger partial charge in [0, 0.05) is 13.0 Å². The van der Waals surface area contributed by atoms with Crippen molar-refractivity contribution in [3.05, 3.63) is 35.4 Å². The van der Waals surface area contributed by atoms with Crippen molar-refractivity contribution in [2.24, 2.45) is 5.73 Å². The quantitative estimate of drug-likeness (QED) is 0.701. The molecule has 0 unspecified atom stereocenters. The Kier molecular flexibility index (Phi) is 7.30. The van der Waals surface area contributed by atoms with Crippen LogP contribution in [-0.2, 0) is 11.3 Å². The molecule has 1 amide bonds. The van der Waals surface area contributed by atoms with Gasteiger partial charge in [0.15, 0.2) is 0 Å². The molecule has 0 atom stereocenters. The number of carbonyl (C=O) groups is 1. The van der Waals surface area contributed by atoms with Gasteiger partial charge in [0.05, 0.1) is 11.6 Å². The predicted molar refractivity (Wildman–Crippen MR) is 75.1 cm³/mol. The monoisotopic (exact) mass is 259 g/mol. The van der Waals surface area contributed by atoms with Crippen LogP contribution in [0.4, 0.5) is 0 Å². The van der Waals surface area contributed by atoms with Gasteiger partial charge in [-0.05, 0) is 37.1 Å². The average Bonchev–Trinajstić information content (AvgIpc) is 2.45. The highest BCUT2D eigenvalue weighted by molar-refractivity contribution is 5.75.